The number of pyridine rings is 1. The number of fused-ring (bicyclic) bond motifs is 1. The topological polar surface area (TPSA) is 59.5 Å². The van der Waals surface area contributed by atoms with Crippen LogP contribution in [-0.4, -0.2) is 40.2 Å². The first kappa shape index (κ1) is 15.0. The quantitative estimate of drug-likeness (QED) is 0.453. The Kier molecular flexibility index (Phi) is 4.75. The molecule has 0 unspecified atom stereocenters. The summed E-state index contributed by atoms with van der Waals surface area (Å²) in [6.07, 6.45) is 1.70. The lowest BCUT2D eigenvalue weighted by atomic mass is 10.1. The van der Waals surface area contributed by atoms with E-state index in [1.165, 1.54) is 4.90 Å². The number of hydrogen-bond donors (Lipinski definition) is 0. The van der Waals surface area contributed by atoms with Crippen LogP contribution in [0.2, 0.25) is 0 Å². The molecule has 1 aromatic heterocycles. The third-order valence-electron chi connectivity index (χ3n) is 3.10. The molecule has 0 bridgehead atoms. The van der Waals surface area contributed by atoms with Crippen molar-refractivity contribution in [2.75, 3.05) is 18.5 Å². The zero-order valence-corrected chi connectivity index (χ0v) is 13.2. The number of nitrogens with zero attached hydrogens (tertiary/aromatic N) is 2. The molecule has 1 aromatic rings. The molecule has 0 spiro atoms. The summed E-state index contributed by atoms with van der Waals surface area (Å²) in [6, 6.07) is 1.66. The van der Waals surface area contributed by atoms with Crippen LogP contribution in [0.25, 0.3) is 0 Å². The maximum absolute atomic E-state index is 12.4. The summed E-state index contributed by atoms with van der Waals surface area (Å²) in [5.74, 6) is -0.273. The molecule has 0 radical (unpaired) electrons. The van der Waals surface area contributed by atoms with E-state index in [2.05, 4.69) is 20.9 Å². The number of carbonyl (C=O) groups excluding carboxylic acids is 2. The largest absolute Gasteiger partial charge is 0.477 e. The summed E-state index contributed by atoms with van der Waals surface area (Å²) in [6.45, 7) is 4.45. The second-order valence-corrected chi connectivity index (χ2v) is 5.38. The fraction of sp³-hybridized carbons (Fsp3) is 0.500. The minimum absolute atomic E-state index is 0.244. The zero-order valence-electron chi connectivity index (χ0n) is 11.6. The van der Waals surface area contributed by atoms with Crippen LogP contribution in [0.15, 0.2) is 6.07 Å². The smallest absolute Gasteiger partial charge is 0.267 e. The summed E-state index contributed by atoms with van der Waals surface area (Å²) in [5, 5.41) is 0.862. The maximum Gasteiger partial charge on any atom is 0.267 e. The van der Waals surface area contributed by atoms with Gasteiger partial charge in [-0.3, -0.25) is 14.5 Å². The number of aryl methyl sites for hydroxylation is 1. The summed E-state index contributed by atoms with van der Waals surface area (Å²) >= 11 is 3.34. The predicted octanol–water partition coefficient (Wildman–Crippen LogP) is 2.56. The Labute approximate surface area is 126 Å². The van der Waals surface area contributed by atoms with Gasteiger partial charge < -0.3 is 4.74 Å². The van der Waals surface area contributed by atoms with Crippen molar-refractivity contribution in [2.24, 2.45) is 0 Å². The van der Waals surface area contributed by atoms with Gasteiger partial charge in [-0.2, -0.15) is 0 Å². The molecule has 1 aliphatic rings. The van der Waals surface area contributed by atoms with Gasteiger partial charge in [0.1, 0.15) is 5.56 Å². The van der Waals surface area contributed by atoms with E-state index in [4.69, 9.17) is 4.74 Å². The van der Waals surface area contributed by atoms with Crippen LogP contribution in [-0.2, 0) is 0 Å². The lowest BCUT2D eigenvalue weighted by molar-refractivity contribution is 0.0651. The fourth-order valence-corrected chi connectivity index (χ4v) is 2.60. The Morgan fingerprint density at radius 2 is 2.05 bits per heavy atom. The molecule has 0 saturated carbocycles. The fourth-order valence-electron chi connectivity index (χ4n) is 2.20. The Bertz CT molecular complexity index is 545. The number of alkyl halides is 1. The van der Waals surface area contributed by atoms with Gasteiger partial charge in [-0.05, 0) is 32.8 Å². The molecule has 1 aliphatic heterocycles. The molecule has 20 heavy (non-hydrogen) atoms. The number of carbonyl (C=O) groups is 2. The van der Waals surface area contributed by atoms with Crippen LogP contribution in [0, 0.1) is 6.92 Å². The van der Waals surface area contributed by atoms with Crippen LogP contribution in [0.4, 0.5) is 0 Å². The van der Waals surface area contributed by atoms with Crippen molar-refractivity contribution in [2.45, 2.75) is 26.7 Å². The molecule has 2 rings (SSSR count). The molecule has 0 atom stereocenters. The number of halogens is 1. The second kappa shape index (κ2) is 6.35. The highest BCUT2D eigenvalue weighted by Crippen LogP contribution is 2.30. The zero-order chi connectivity index (χ0) is 14.7. The van der Waals surface area contributed by atoms with Gasteiger partial charge in [-0.25, -0.2) is 4.98 Å². The van der Waals surface area contributed by atoms with Crippen molar-refractivity contribution in [1.29, 1.82) is 0 Å². The molecule has 0 aliphatic carbocycles. The van der Waals surface area contributed by atoms with Crippen LogP contribution in [0.1, 0.15) is 46.2 Å². The Balaban J connectivity index is 2.32. The molecule has 0 fully saturated rings. The first-order valence-electron chi connectivity index (χ1n) is 6.66. The van der Waals surface area contributed by atoms with Crippen LogP contribution < -0.4 is 4.74 Å². The van der Waals surface area contributed by atoms with Gasteiger partial charge in [0.15, 0.2) is 0 Å². The number of amides is 2. The van der Waals surface area contributed by atoms with E-state index >= 15 is 0 Å². The van der Waals surface area contributed by atoms with Crippen molar-refractivity contribution in [3.8, 4) is 5.88 Å². The molecular formula is C14H17BrN2O3. The lowest BCUT2D eigenvalue weighted by Crippen LogP contribution is -2.30. The predicted molar refractivity (Wildman–Crippen MR) is 78.5 cm³/mol. The van der Waals surface area contributed by atoms with Crippen LogP contribution in [0.3, 0.4) is 0 Å². The molecule has 2 heterocycles. The first-order chi connectivity index (χ1) is 9.60. The number of hydrogen-bond acceptors (Lipinski definition) is 4. The number of imide groups is 1. The third-order valence-corrected chi connectivity index (χ3v) is 3.66. The van der Waals surface area contributed by atoms with Crippen molar-refractivity contribution in [1.82, 2.24) is 9.88 Å². The van der Waals surface area contributed by atoms with Crippen molar-refractivity contribution < 1.29 is 14.3 Å². The average molecular weight is 341 g/mol. The van der Waals surface area contributed by atoms with Gasteiger partial charge in [0.05, 0.1) is 12.2 Å². The molecule has 2 amide bonds. The minimum Gasteiger partial charge on any atom is -0.477 e. The third kappa shape index (κ3) is 2.70. The Hall–Kier alpha value is -1.43. The van der Waals surface area contributed by atoms with Gasteiger partial charge in [0, 0.05) is 17.6 Å². The SMILES string of the molecule is CCOc1nc(C)cc2c1C(=O)N(CCCCBr)C2=O. The molecule has 0 saturated heterocycles. The number of unbranched alkanes of at least 4 members (excludes halogenated alkanes) is 1. The van der Waals surface area contributed by atoms with E-state index in [0.29, 0.717) is 30.0 Å². The maximum atomic E-state index is 12.4. The highest BCUT2D eigenvalue weighted by atomic mass is 79.9. The van der Waals surface area contributed by atoms with Crippen LogP contribution >= 0.6 is 15.9 Å². The van der Waals surface area contributed by atoms with E-state index in [-0.39, 0.29) is 17.7 Å². The molecular weight excluding hydrogens is 324 g/mol. The lowest BCUT2D eigenvalue weighted by Gasteiger charge is -2.12. The van der Waals surface area contributed by atoms with Crippen molar-refractivity contribution in [3.63, 3.8) is 0 Å². The first-order valence-corrected chi connectivity index (χ1v) is 7.78. The minimum atomic E-state index is -0.296. The number of ether oxygens (including phenoxy) is 1. The Morgan fingerprint density at radius 3 is 2.70 bits per heavy atom. The molecule has 108 valence electrons. The van der Waals surface area contributed by atoms with Gasteiger partial charge in [0.2, 0.25) is 5.88 Å². The van der Waals surface area contributed by atoms with Crippen molar-refractivity contribution >= 4 is 27.7 Å². The highest BCUT2D eigenvalue weighted by molar-refractivity contribution is 9.09. The highest BCUT2D eigenvalue weighted by Gasteiger charge is 2.38. The van der Waals surface area contributed by atoms with Gasteiger partial charge >= 0.3 is 0 Å². The molecule has 5 nitrogen and oxygen atoms in total. The summed E-state index contributed by atoms with van der Waals surface area (Å²) in [7, 11) is 0. The summed E-state index contributed by atoms with van der Waals surface area (Å²) in [4.78, 5) is 30.2. The second-order valence-electron chi connectivity index (χ2n) is 4.58. The van der Waals surface area contributed by atoms with E-state index in [9.17, 15) is 9.59 Å². The van der Waals surface area contributed by atoms with Gasteiger partial charge in [0.25, 0.3) is 11.8 Å². The summed E-state index contributed by atoms with van der Waals surface area (Å²) in [5.41, 5.74) is 1.39. The summed E-state index contributed by atoms with van der Waals surface area (Å²) < 4.78 is 5.40. The average Bonchev–Trinajstić information content (AvgIpc) is 2.64. The monoisotopic (exact) mass is 340 g/mol. The van der Waals surface area contributed by atoms with E-state index < -0.39 is 0 Å². The van der Waals surface area contributed by atoms with E-state index in [1.54, 1.807) is 13.0 Å². The normalized spacial score (nSPS) is 13.8. The number of aromatic nitrogens is 1. The van der Waals surface area contributed by atoms with Gasteiger partial charge in [-0.15, -0.1) is 0 Å². The number of rotatable bonds is 6. The van der Waals surface area contributed by atoms with Crippen molar-refractivity contribution in [3.05, 3.63) is 22.9 Å². The van der Waals surface area contributed by atoms with Crippen LogP contribution in [0.5, 0.6) is 5.88 Å². The van der Waals surface area contributed by atoms with E-state index in [0.717, 1.165) is 18.2 Å². The van der Waals surface area contributed by atoms with E-state index in [1.807, 2.05) is 6.92 Å². The van der Waals surface area contributed by atoms with Gasteiger partial charge in [-0.1, -0.05) is 15.9 Å². The molecule has 0 N–H and O–H groups in total. The Morgan fingerprint density at radius 1 is 1.30 bits per heavy atom. The molecule has 0 aromatic carbocycles. The standard InChI is InChI=1S/C14H17BrN2O3/c1-3-20-12-11-10(8-9(2)16-12)13(18)17(14(11)19)7-5-4-6-15/h8H,3-7H2,1-2H3. The molecule has 6 heteroatoms.